The minimum Gasteiger partial charge on any atom is -0.481 e. The number of H-pyrrole nitrogens is 1. The average molecular weight is 505 g/mol. The summed E-state index contributed by atoms with van der Waals surface area (Å²) in [6.07, 6.45) is 0.862. The molecule has 0 bridgehead atoms. The number of halogens is 1. The predicted octanol–water partition coefficient (Wildman–Crippen LogP) is 5.05. The van der Waals surface area contributed by atoms with Crippen LogP contribution in [0.15, 0.2) is 77.6 Å². The van der Waals surface area contributed by atoms with Crippen molar-refractivity contribution < 1.29 is 19.4 Å². The first-order valence-electron chi connectivity index (χ1n) is 11.5. The Morgan fingerprint density at radius 3 is 2.47 bits per heavy atom. The number of carboxylic acids is 1. The lowest BCUT2D eigenvalue weighted by Crippen LogP contribution is -2.36. The van der Waals surface area contributed by atoms with Crippen LogP contribution in [0.25, 0.3) is 10.9 Å². The van der Waals surface area contributed by atoms with E-state index < -0.39 is 18.5 Å². The van der Waals surface area contributed by atoms with Crippen molar-refractivity contribution in [3.05, 3.63) is 110 Å². The standard InChI is InChI=1S/C28H25ClN2O5/c1-2-18-11-12-24-20(13-18)14-21(27(33)30-24)16-31(15-19-7-4-3-5-8-19)25(32)17-36-26-22(28(34)35)9-6-10-23(26)29/h3-14H,2,15-17H2,1H3,(H,30,33)(H,34,35). The molecular formula is C28H25ClN2O5. The molecule has 4 aromatic rings. The Kier molecular flexibility index (Phi) is 7.71. The first-order valence-corrected chi connectivity index (χ1v) is 11.8. The van der Waals surface area contributed by atoms with E-state index in [4.69, 9.17) is 16.3 Å². The van der Waals surface area contributed by atoms with Gasteiger partial charge < -0.3 is 19.7 Å². The van der Waals surface area contributed by atoms with E-state index >= 15 is 0 Å². The van der Waals surface area contributed by atoms with Gasteiger partial charge in [-0.2, -0.15) is 0 Å². The Morgan fingerprint density at radius 1 is 0.972 bits per heavy atom. The molecule has 0 spiro atoms. The molecule has 1 amide bonds. The molecule has 0 aliphatic heterocycles. The quantitative estimate of drug-likeness (QED) is 0.332. The largest absolute Gasteiger partial charge is 0.481 e. The highest BCUT2D eigenvalue weighted by Crippen LogP contribution is 2.29. The van der Waals surface area contributed by atoms with Gasteiger partial charge in [0.15, 0.2) is 12.4 Å². The molecule has 0 fully saturated rings. The molecule has 8 heteroatoms. The number of aromatic nitrogens is 1. The molecule has 1 aromatic heterocycles. The molecule has 36 heavy (non-hydrogen) atoms. The van der Waals surface area contributed by atoms with Gasteiger partial charge in [-0.1, -0.05) is 61.0 Å². The zero-order valence-electron chi connectivity index (χ0n) is 19.7. The summed E-state index contributed by atoms with van der Waals surface area (Å²) in [5, 5.41) is 10.4. The number of amides is 1. The van der Waals surface area contributed by atoms with Crippen molar-refractivity contribution >= 4 is 34.4 Å². The van der Waals surface area contributed by atoms with Gasteiger partial charge in [-0.3, -0.25) is 9.59 Å². The molecule has 2 N–H and O–H groups in total. The van der Waals surface area contributed by atoms with Crippen LogP contribution in [-0.2, 0) is 24.3 Å². The van der Waals surface area contributed by atoms with E-state index in [-0.39, 0.29) is 35.0 Å². The molecule has 3 aromatic carbocycles. The highest BCUT2D eigenvalue weighted by atomic mass is 35.5. The first kappa shape index (κ1) is 25.0. The van der Waals surface area contributed by atoms with Crippen LogP contribution < -0.4 is 10.3 Å². The van der Waals surface area contributed by atoms with Crippen LogP contribution in [-0.4, -0.2) is 33.5 Å². The average Bonchev–Trinajstić information content (AvgIpc) is 2.87. The number of aryl methyl sites for hydroxylation is 1. The van der Waals surface area contributed by atoms with Crippen molar-refractivity contribution in [2.45, 2.75) is 26.4 Å². The van der Waals surface area contributed by atoms with Crippen LogP contribution in [0.4, 0.5) is 0 Å². The molecule has 0 saturated carbocycles. The van der Waals surface area contributed by atoms with Crippen LogP contribution in [0, 0.1) is 0 Å². The minimum atomic E-state index is -1.21. The summed E-state index contributed by atoms with van der Waals surface area (Å²) in [5.41, 5.74) is 2.76. The molecule has 0 radical (unpaired) electrons. The van der Waals surface area contributed by atoms with Gasteiger partial charge in [0.25, 0.3) is 11.5 Å². The number of nitrogens with zero attached hydrogens (tertiary/aromatic N) is 1. The molecule has 7 nitrogen and oxygen atoms in total. The fourth-order valence-electron chi connectivity index (χ4n) is 3.93. The number of aromatic amines is 1. The second kappa shape index (κ2) is 11.1. The van der Waals surface area contributed by atoms with Gasteiger partial charge in [-0.15, -0.1) is 0 Å². The maximum atomic E-state index is 13.3. The summed E-state index contributed by atoms with van der Waals surface area (Å²) >= 11 is 6.14. The van der Waals surface area contributed by atoms with E-state index in [2.05, 4.69) is 11.9 Å². The number of hydrogen-bond donors (Lipinski definition) is 2. The van der Waals surface area contributed by atoms with Crippen molar-refractivity contribution in [2.75, 3.05) is 6.61 Å². The normalized spacial score (nSPS) is 10.8. The van der Waals surface area contributed by atoms with Gasteiger partial charge in [-0.05, 0) is 53.3 Å². The topological polar surface area (TPSA) is 99.7 Å². The van der Waals surface area contributed by atoms with E-state index in [1.807, 2.05) is 48.5 Å². The Morgan fingerprint density at radius 2 is 1.75 bits per heavy atom. The number of carboxylic acid groups (broad SMARTS) is 1. The number of fused-ring (bicyclic) bond motifs is 1. The van der Waals surface area contributed by atoms with E-state index in [0.29, 0.717) is 5.56 Å². The van der Waals surface area contributed by atoms with E-state index in [1.165, 1.54) is 23.1 Å². The monoisotopic (exact) mass is 504 g/mol. The van der Waals surface area contributed by atoms with Gasteiger partial charge in [0.05, 0.1) is 11.6 Å². The molecular weight excluding hydrogens is 480 g/mol. The summed E-state index contributed by atoms with van der Waals surface area (Å²) in [4.78, 5) is 42.1. The second-order valence-corrected chi connectivity index (χ2v) is 8.75. The van der Waals surface area contributed by atoms with Gasteiger partial charge in [0, 0.05) is 17.6 Å². The smallest absolute Gasteiger partial charge is 0.339 e. The van der Waals surface area contributed by atoms with Gasteiger partial charge in [0.1, 0.15) is 5.56 Å². The van der Waals surface area contributed by atoms with E-state index in [0.717, 1.165) is 28.5 Å². The number of benzene rings is 3. The van der Waals surface area contributed by atoms with Crippen molar-refractivity contribution in [1.29, 1.82) is 0 Å². The Labute approximate surface area is 212 Å². The van der Waals surface area contributed by atoms with Gasteiger partial charge in [0.2, 0.25) is 0 Å². The number of rotatable bonds is 9. The SMILES string of the molecule is CCc1ccc2[nH]c(=O)c(CN(Cc3ccccc3)C(=O)COc3c(Cl)cccc3C(=O)O)cc2c1. The molecule has 0 aliphatic carbocycles. The predicted molar refractivity (Wildman–Crippen MR) is 139 cm³/mol. The lowest BCUT2D eigenvalue weighted by Gasteiger charge is -2.23. The fourth-order valence-corrected chi connectivity index (χ4v) is 4.16. The third kappa shape index (κ3) is 5.75. The van der Waals surface area contributed by atoms with Gasteiger partial charge >= 0.3 is 5.97 Å². The Bertz CT molecular complexity index is 1470. The summed E-state index contributed by atoms with van der Waals surface area (Å²) in [6, 6.07) is 21.4. The number of nitrogens with one attached hydrogen (secondary N) is 1. The summed E-state index contributed by atoms with van der Waals surface area (Å²) < 4.78 is 5.59. The number of para-hydroxylation sites is 1. The highest BCUT2D eigenvalue weighted by Gasteiger charge is 2.20. The van der Waals surface area contributed by atoms with Gasteiger partial charge in [-0.25, -0.2) is 4.79 Å². The molecule has 4 rings (SSSR count). The number of hydrogen-bond acceptors (Lipinski definition) is 4. The summed E-state index contributed by atoms with van der Waals surface area (Å²) in [5.74, 6) is -1.71. The van der Waals surface area contributed by atoms with E-state index in [9.17, 15) is 19.5 Å². The zero-order chi connectivity index (χ0) is 25.7. The highest BCUT2D eigenvalue weighted by molar-refractivity contribution is 6.32. The minimum absolute atomic E-state index is 0.0486. The zero-order valence-corrected chi connectivity index (χ0v) is 20.4. The van der Waals surface area contributed by atoms with Crippen LogP contribution >= 0.6 is 11.6 Å². The van der Waals surface area contributed by atoms with Crippen LogP contribution in [0.2, 0.25) is 5.02 Å². The lowest BCUT2D eigenvalue weighted by molar-refractivity contribution is -0.134. The van der Waals surface area contributed by atoms with Crippen molar-refractivity contribution in [3.8, 4) is 5.75 Å². The maximum Gasteiger partial charge on any atom is 0.339 e. The fraction of sp³-hybridized carbons (Fsp3) is 0.179. The summed E-state index contributed by atoms with van der Waals surface area (Å²) in [6.45, 7) is 1.90. The number of carbonyl (C=O) groups is 2. The number of carbonyl (C=O) groups excluding carboxylic acids is 1. The third-order valence-corrected chi connectivity index (χ3v) is 6.16. The van der Waals surface area contributed by atoms with Crippen LogP contribution in [0.1, 0.15) is 34.0 Å². The molecule has 1 heterocycles. The summed E-state index contributed by atoms with van der Waals surface area (Å²) in [7, 11) is 0. The van der Waals surface area contributed by atoms with Crippen molar-refractivity contribution in [2.24, 2.45) is 0 Å². The molecule has 0 aliphatic rings. The lowest BCUT2D eigenvalue weighted by atomic mass is 10.1. The maximum absolute atomic E-state index is 13.3. The number of ether oxygens (including phenoxy) is 1. The molecule has 0 saturated heterocycles. The number of aromatic carboxylic acids is 1. The van der Waals surface area contributed by atoms with Crippen LogP contribution in [0.3, 0.4) is 0 Å². The van der Waals surface area contributed by atoms with E-state index in [1.54, 1.807) is 6.07 Å². The molecule has 0 unspecified atom stereocenters. The Balaban J connectivity index is 1.62. The second-order valence-electron chi connectivity index (χ2n) is 8.34. The third-order valence-electron chi connectivity index (χ3n) is 5.86. The van der Waals surface area contributed by atoms with Crippen LogP contribution in [0.5, 0.6) is 5.75 Å². The van der Waals surface area contributed by atoms with Crippen molar-refractivity contribution in [3.63, 3.8) is 0 Å². The molecule has 184 valence electrons. The number of pyridine rings is 1. The first-order chi connectivity index (χ1) is 17.4. The van der Waals surface area contributed by atoms with Crippen molar-refractivity contribution in [1.82, 2.24) is 9.88 Å². The molecule has 0 atom stereocenters. The Hall–Kier alpha value is -4.10.